The van der Waals surface area contributed by atoms with E-state index in [1.807, 2.05) is 0 Å². The molecule has 2 aromatic rings. The van der Waals surface area contributed by atoms with Gasteiger partial charge in [0.15, 0.2) is 0 Å². The minimum absolute atomic E-state index is 0.0728. The second-order valence-corrected chi connectivity index (χ2v) is 4.90. The molecule has 2 aromatic heterocycles. The third kappa shape index (κ3) is 5.78. The zero-order valence-electron chi connectivity index (χ0n) is 12.8. The first-order chi connectivity index (χ1) is 11.4. The van der Waals surface area contributed by atoms with Crippen molar-refractivity contribution < 1.29 is 22.7 Å². The van der Waals surface area contributed by atoms with Crippen molar-refractivity contribution in [1.29, 1.82) is 0 Å². The van der Waals surface area contributed by atoms with Crippen molar-refractivity contribution in [3.63, 3.8) is 0 Å². The molecule has 7 nitrogen and oxygen atoms in total. The van der Waals surface area contributed by atoms with Crippen LogP contribution in [0.15, 0.2) is 30.7 Å². The van der Waals surface area contributed by atoms with E-state index in [0.717, 1.165) is 10.2 Å². The summed E-state index contributed by atoms with van der Waals surface area (Å²) in [5, 5.41) is 8.76. The van der Waals surface area contributed by atoms with E-state index in [1.54, 1.807) is 18.3 Å². The molecule has 0 fully saturated rings. The van der Waals surface area contributed by atoms with Crippen molar-refractivity contribution in [1.82, 2.24) is 25.4 Å². The number of amides is 2. The van der Waals surface area contributed by atoms with E-state index >= 15 is 0 Å². The van der Waals surface area contributed by atoms with Gasteiger partial charge in [0.2, 0.25) is 5.88 Å². The van der Waals surface area contributed by atoms with Gasteiger partial charge in [0.25, 0.3) is 0 Å². The molecule has 0 bridgehead atoms. The van der Waals surface area contributed by atoms with Gasteiger partial charge in [-0.1, -0.05) is 0 Å². The van der Waals surface area contributed by atoms with Crippen LogP contribution in [-0.4, -0.2) is 34.1 Å². The summed E-state index contributed by atoms with van der Waals surface area (Å²) >= 11 is 0. The Morgan fingerprint density at radius 3 is 2.67 bits per heavy atom. The van der Waals surface area contributed by atoms with Gasteiger partial charge in [-0.3, -0.25) is 4.68 Å². The van der Waals surface area contributed by atoms with Crippen molar-refractivity contribution in [3.05, 3.63) is 41.9 Å². The Bertz CT molecular complexity index is 687. The van der Waals surface area contributed by atoms with Crippen LogP contribution in [0.2, 0.25) is 0 Å². The third-order valence-corrected chi connectivity index (χ3v) is 2.94. The van der Waals surface area contributed by atoms with Gasteiger partial charge in [-0.05, 0) is 11.6 Å². The average Bonchev–Trinajstić information content (AvgIpc) is 2.96. The smallest absolute Gasteiger partial charge is 0.408 e. The molecule has 0 saturated heterocycles. The van der Waals surface area contributed by atoms with Crippen molar-refractivity contribution in [2.45, 2.75) is 25.8 Å². The van der Waals surface area contributed by atoms with Crippen LogP contribution in [0.3, 0.4) is 0 Å². The molecule has 2 rings (SSSR count). The highest BCUT2D eigenvalue weighted by atomic mass is 19.4. The van der Waals surface area contributed by atoms with Crippen LogP contribution in [0.4, 0.5) is 18.0 Å². The number of urea groups is 1. The Labute approximate surface area is 135 Å². The van der Waals surface area contributed by atoms with Crippen LogP contribution < -0.4 is 15.4 Å². The number of alkyl halides is 3. The summed E-state index contributed by atoms with van der Waals surface area (Å²) in [6.07, 6.45) is -0.260. The van der Waals surface area contributed by atoms with E-state index in [1.165, 1.54) is 19.5 Å². The predicted octanol–water partition coefficient (Wildman–Crippen LogP) is 1.85. The molecule has 0 atom stereocenters. The van der Waals surface area contributed by atoms with Crippen molar-refractivity contribution in [2.75, 3.05) is 7.11 Å². The summed E-state index contributed by atoms with van der Waals surface area (Å²) in [5.74, 6) is 0.437. The molecule has 0 radical (unpaired) electrons. The number of rotatable bonds is 6. The molecule has 0 unspecified atom stereocenters. The van der Waals surface area contributed by atoms with Crippen LogP contribution in [0.1, 0.15) is 11.1 Å². The average molecular weight is 343 g/mol. The Morgan fingerprint density at radius 2 is 2.00 bits per heavy atom. The quantitative estimate of drug-likeness (QED) is 0.839. The van der Waals surface area contributed by atoms with Crippen LogP contribution in [0.5, 0.6) is 5.88 Å². The summed E-state index contributed by atoms with van der Waals surface area (Å²) in [4.78, 5) is 15.7. The zero-order valence-corrected chi connectivity index (χ0v) is 12.8. The molecule has 2 heterocycles. The Hall–Kier alpha value is -2.78. The SMILES string of the molecule is COc1cc(CNC(=O)NCc2cnn(CC(F)(F)F)c2)ccn1. The topological polar surface area (TPSA) is 81.1 Å². The lowest BCUT2D eigenvalue weighted by Crippen LogP contribution is -2.34. The maximum absolute atomic E-state index is 12.2. The first-order valence-electron chi connectivity index (χ1n) is 6.94. The van der Waals surface area contributed by atoms with E-state index in [0.29, 0.717) is 11.4 Å². The summed E-state index contributed by atoms with van der Waals surface area (Å²) in [6, 6.07) is 2.96. The molecule has 0 saturated carbocycles. The Kier molecular flexibility index (Phi) is 5.61. The molecule has 2 N–H and O–H groups in total. The first kappa shape index (κ1) is 17.6. The van der Waals surface area contributed by atoms with Crippen molar-refractivity contribution in [3.8, 4) is 5.88 Å². The van der Waals surface area contributed by atoms with Gasteiger partial charge in [-0.25, -0.2) is 9.78 Å². The Morgan fingerprint density at radius 1 is 1.29 bits per heavy atom. The lowest BCUT2D eigenvalue weighted by molar-refractivity contribution is -0.142. The van der Waals surface area contributed by atoms with E-state index in [9.17, 15) is 18.0 Å². The maximum Gasteiger partial charge on any atom is 0.408 e. The molecule has 130 valence electrons. The second kappa shape index (κ2) is 7.66. The fraction of sp³-hybridized carbons (Fsp3) is 0.357. The van der Waals surface area contributed by atoms with E-state index in [2.05, 4.69) is 20.7 Å². The molecule has 0 aliphatic carbocycles. The highest BCUT2D eigenvalue weighted by Crippen LogP contribution is 2.17. The van der Waals surface area contributed by atoms with E-state index in [-0.39, 0.29) is 13.1 Å². The van der Waals surface area contributed by atoms with Gasteiger partial charge in [-0.15, -0.1) is 0 Å². The summed E-state index contributed by atoms with van der Waals surface area (Å²) < 4.78 is 42.4. The van der Waals surface area contributed by atoms with Gasteiger partial charge >= 0.3 is 12.2 Å². The van der Waals surface area contributed by atoms with Gasteiger partial charge in [-0.2, -0.15) is 18.3 Å². The number of halogens is 3. The molecule has 0 aliphatic rings. The lowest BCUT2D eigenvalue weighted by Gasteiger charge is -2.08. The number of hydrogen-bond acceptors (Lipinski definition) is 4. The molecule has 0 spiro atoms. The molecule has 24 heavy (non-hydrogen) atoms. The monoisotopic (exact) mass is 343 g/mol. The highest BCUT2D eigenvalue weighted by molar-refractivity contribution is 5.73. The third-order valence-electron chi connectivity index (χ3n) is 2.94. The highest BCUT2D eigenvalue weighted by Gasteiger charge is 2.28. The number of ether oxygens (including phenoxy) is 1. The zero-order chi connectivity index (χ0) is 17.6. The standard InChI is InChI=1S/C14H16F3N5O2/c1-24-12-4-10(2-3-18-12)5-19-13(23)20-6-11-7-21-22(8-11)9-14(15,16)17/h2-4,7-8H,5-6,9H2,1H3,(H2,19,20,23). The molecule has 0 aromatic carbocycles. The summed E-state index contributed by atoms with van der Waals surface area (Å²) in [6.45, 7) is -0.829. The van der Waals surface area contributed by atoms with Gasteiger partial charge in [0.05, 0.1) is 13.3 Å². The minimum Gasteiger partial charge on any atom is -0.481 e. The van der Waals surface area contributed by atoms with Crippen LogP contribution in [0.25, 0.3) is 0 Å². The number of methoxy groups -OCH3 is 1. The fourth-order valence-corrected chi connectivity index (χ4v) is 1.87. The van der Waals surface area contributed by atoms with Crippen LogP contribution >= 0.6 is 0 Å². The normalized spacial score (nSPS) is 11.2. The molecular formula is C14H16F3N5O2. The predicted molar refractivity (Wildman–Crippen MR) is 78.1 cm³/mol. The van der Waals surface area contributed by atoms with Crippen molar-refractivity contribution >= 4 is 6.03 Å². The van der Waals surface area contributed by atoms with Gasteiger partial charge in [0, 0.05) is 37.1 Å². The number of nitrogens with one attached hydrogen (secondary N) is 2. The van der Waals surface area contributed by atoms with Gasteiger partial charge < -0.3 is 15.4 Å². The fourth-order valence-electron chi connectivity index (χ4n) is 1.87. The van der Waals surface area contributed by atoms with Gasteiger partial charge in [0.1, 0.15) is 6.54 Å². The summed E-state index contributed by atoms with van der Waals surface area (Å²) in [5.41, 5.74) is 1.27. The van der Waals surface area contributed by atoms with E-state index in [4.69, 9.17) is 4.74 Å². The van der Waals surface area contributed by atoms with Crippen LogP contribution in [0, 0.1) is 0 Å². The minimum atomic E-state index is -4.33. The summed E-state index contributed by atoms with van der Waals surface area (Å²) in [7, 11) is 1.49. The van der Waals surface area contributed by atoms with Crippen molar-refractivity contribution in [2.24, 2.45) is 0 Å². The number of hydrogen-bond donors (Lipinski definition) is 2. The number of carbonyl (C=O) groups excluding carboxylic acids is 1. The lowest BCUT2D eigenvalue weighted by atomic mass is 10.2. The molecule has 10 heteroatoms. The number of carbonyl (C=O) groups is 1. The Balaban J connectivity index is 1.77. The molecule has 0 aliphatic heterocycles. The first-order valence-corrected chi connectivity index (χ1v) is 6.94. The number of pyridine rings is 1. The second-order valence-electron chi connectivity index (χ2n) is 4.90. The number of aromatic nitrogens is 3. The van der Waals surface area contributed by atoms with Crippen LogP contribution in [-0.2, 0) is 19.6 Å². The molecular weight excluding hydrogens is 327 g/mol. The largest absolute Gasteiger partial charge is 0.481 e. The molecule has 2 amide bonds. The van der Waals surface area contributed by atoms with E-state index < -0.39 is 18.8 Å². The number of nitrogens with zero attached hydrogens (tertiary/aromatic N) is 3. The maximum atomic E-state index is 12.2.